The van der Waals surface area contributed by atoms with Gasteiger partial charge in [0, 0.05) is 24.8 Å². The van der Waals surface area contributed by atoms with E-state index in [1.807, 2.05) is 49.1 Å². The van der Waals surface area contributed by atoms with E-state index in [1.165, 1.54) is 0 Å². The average Bonchev–Trinajstić information content (AvgIpc) is 2.36. The van der Waals surface area contributed by atoms with Gasteiger partial charge in [0.05, 0.1) is 13.0 Å². The lowest BCUT2D eigenvalue weighted by Gasteiger charge is -2.39. The first-order chi connectivity index (χ1) is 9.97. The lowest BCUT2D eigenvalue weighted by Crippen LogP contribution is -2.53. The zero-order valence-corrected chi connectivity index (χ0v) is 12.5. The van der Waals surface area contributed by atoms with Gasteiger partial charge in [-0.25, -0.2) is 0 Å². The van der Waals surface area contributed by atoms with Crippen LogP contribution in [-0.4, -0.2) is 47.6 Å². The fourth-order valence-corrected chi connectivity index (χ4v) is 2.77. The second-order valence-corrected chi connectivity index (χ2v) is 5.85. The molecule has 1 fully saturated rings. The largest absolute Gasteiger partial charge is 0.481 e. The van der Waals surface area contributed by atoms with Gasteiger partial charge in [-0.2, -0.15) is 0 Å². The Balaban J connectivity index is 1.91. The Labute approximate surface area is 125 Å². The summed E-state index contributed by atoms with van der Waals surface area (Å²) in [5.41, 5.74) is 0.903. The molecule has 1 aliphatic heterocycles. The Morgan fingerprint density at radius 1 is 1.29 bits per heavy atom. The molecule has 1 N–H and O–H groups in total. The quantitative estimate of drug-likeness (QED) is 0.868. The van der Waals surface area contributed by atoms with Crippen molar-refractivity contribution in [2.45, 2.75) is 26.3 Å². The number of nitrogens with zero attached hydrogens (tertiary/aromatic N) is 2. The smallest absolute Gasteiger partial charge is 0.303 e. The molecule has 0 bridgehead atoms. The van der Waals surface area contributed by atoms with Crippen LogP contribution in [0, 0.1) is 5.92 Å². The van der Waals surface area contributed by atoms with Crippen molar-refractivity contribution in [3.8, 4) is 0 Å². The Hall–Kier alpha value is -1.88. The van der Waals surface area contributed by atoms with E-state index < -0.39 is 5.97 Å². The Kier molecular flexibility index (Phi) is 4.96. The first-order valence-electron chi connectivity index (χ1n) is 7.28. The molecule has 1 aliphatic rings. The second kappa shape index (κ2) is 6.72. The Morgan fingerprint density at radius 2 is 1.90 bits per heavy atom. The number of likely N-dealkylation sites (tertiary alicyclic amines) is 1. The van der Waals surface area contributed by atoms with Crippen LogP contribution in [-0.2, 0) is 9.59 Å². The highest BCUT2D eigenvalue weighted by Gasteiger charge is 2.31. The zero-order chi connectivity index (χ0) is 15.4. The summed E-state index contributed by atoms with van der Waals surface area (Å²) >= 11 is 0. The number of para-hydroxylation sites is 1. The Morgan fingerprint density at radius 3 is 2.43 bits per heavy atom. The van der Waals surface area contributed by atoms with Crippen molar-refractivity contribution >= 4 is 17.6 Å². The van der Waals surface area contributed by atoms with Crippen molar-refractivity contribution in [1.29, 1.82) is 0 Å². The van der Waals surface area contributed by atoms with Crippen LogP contribution >= 0.6 is 0 Å². The molecule has 0 aliphatic carbocycles. The molecule has 0 saturated carbocycles. The maximum absolute atomic E-state index is 12.5. The van der Waals surface area contributed by atoms with Crippen LogP contribution in [0.4, 0.5) is 5.69 Å². The van der Waals surface area contributed by atoms with Crippen molar-refractivity contribution in [2.75, 3.05) is 24.5 Å². The molecule has 1 heterocycles. The summed E-state index contributed by atoms with van der Waals surface area (Å²) in [4.78, 5) is 26.9. The van der Waals surface area contributed by atoms with Gasteiger partial charge < -0.3 is 10.0 Å². The molecule has 0 radical (unpaired) electrons. The van der Waals surface area contributed by atoms with Crippen LogP contribution in [0.3, 0.4) is 0 Å². The molecule has 1 aromatic carbocycles. The molecule has 0 aromatic heterocycles. The zero-order valence-electron chi connectivity index (χ0n) is 12.5. The summed E-state index contributed by atoms with van der Waals surface area (Å²) in [6, 6.07) is 9.73. The maximum atomic E-state index is 12.5. The van der Waals surface area contributed by atoms with Crippen LogP contribution in [0.15, 0.2) is 30.3 Å². The summed E-state index contributed by atoms with van der Waals surface area (Å²) in [5, 5.41) is 8.73. The van der Waals surface area contributed by atoms with Crippen molar-refractivity contribution in [1.82, 2.24) is 4.90 Å². The molecular weight excluding hydrogens is 268 g/mol. The van der Waals surface area contributed by atoms with E-state index in [1.54, 1.807) is 4.90 Å². The lowest BCUT2D eigenvalue weighted by atomic mass is 9.96. The predicted octanol–water partition coefficient (Wildman–Crippen LogP) is 1.83. The molecular formula is C16H22N2O3. The van der Waals surface area contributed by atoms with Gasteiger partial charge in [-0.3, -0.25) is 14.5 Å². The molecule has 5 heteroatoms. The molecule has 5 nitrogen and oxygen atoms in total. The first-order valence-corrected chi connectivity index (χ1v) is 7.28. The van der Waals surface area contributed by atoms with E-state index in [2.05, 4.69) is 0 Å². The molecule has 2 rings (SSSR count). The fraction of sp³-hybridized carbons (Fsp3) is 0.500. The highest BCUT2D eigenvalue weighted by Crippen LogP contribution is 2.21. The van der Waals surface area contributed by atoms with Gasteiger partial charge in [-0.1, -0.05) is 18.2 Å². The van der Waals surface area contributed by atoms with Crippen LogP contribution in [0.1, 0.15) is 20.3 Å². The third-order valence-corrected chi connectivity index (χ3v) is 3.67. The number of benzene rings is 1. The number of hydrogen-bond acceptors (Lipinski definition) is 3. The SMILES string of the molecule is CC(C)N(C(=O)CN1CC(CC(=O)O)C1)c1ccccc1. The summed E-state index contributed by atoms with van der Waals surface area (Å²) < 4.78 is 0. The Bertz CT molecular complexity index is 496. The number of rotatable bonds is 6. The molecule has 1 amide bonds. The molecule has 0 spiro atoms. The molecule has 1 aromatic rings. The summed E-state index contributed by atoms with van der Waals surface area (Å²) in [6.07, 6.45) is 0.192. The monoisotopic (exact) mass is 290 g/mol. The number of anilines is 1. The molecule has 114 valence electrons. The first kappa shape index (κ1) is 15.5. The minimum absolute atomic E-state index is 0.0602. The van der Waals surface area contributed by atoms with E-state index >= 15 is 0 Å². The van der Waals surface area contributed by atoms with E-state index in [4.69, 9.17) is 5.11 Å². The topological polar surface area (TPSA) is 60.9 Å². The summed E-state index contributed by atoms with van der Waals surface area (Å²) in [5.74, 6) is -0.524. The number of carboxylic acids is 1. The van der Waals surface area contributed by atoms with E-state index in [-0.39, 0.29) is 24.3 Å². The van der Waals surface area contributed by atoms with Gasteiger partial charge in [0.1, 0.15) is 0 Å². The van der Waals surface area contributed by atoms with Gasteiger partial charge in [-0.15, -0.1) is 0 Å². The van der Waals surface area contributed by atoms with Crippen LogP contribution in [0.5, 0.6) is 0 Å². The van der Waals surface area contributed by atoms with Gasteiger partial charge in [0.15, 0.2) is 0 Å². The normalized spacial score (nSPS) is 15.8. The molecule has 0 unspecified atom stereocenters. The number of carboxylic acid groups (broad SMARTS) is 1. The molecule has 1 saturated heterocycles. The predicted molar refractivity (Wildman–Crippen MR) is 81.2 cm³/mol. The van der Waals surface area contributed by atoms with Crippen LogP contribution in [0.25, 0.3) is 0 Å². The van der Waals surface area contributed by atoms with Crippen LogP contribution in [0.2, 0.25) is 0 Å². The standard InChI is InChI=1S/C16H22N2O3/c1-12(2)18(14-6-4-3-5-7-14)15(19)11-17-9-13(10-17)8-16(20)21/h3-7,12-13H,8-11H2,1-2H3,(H,20,21). The number of carbonyl (C=O) groups is 2. The van der Waals surface area contributed by atoms with E-state index in [0.717, 1.165) is 5.69 Å². The highest BCUT2D eigenvalue weighted by atomic mass is 16.4. The second-order valence-electron chi connectivity index (χ2n) is 5.85. The number of carbonyl (C=O) groups excluding carboxylic acids is 1. The summed E-state index contributed by atoms with van der Waals surface area (Å²) in [7, 11) is 0. The molecule has 21 heavy (non-hydrogen) atoms. The van der Waals surface area contributed by atoms with Gasteiger partial charge >= 0.3 is 5.97 Å². The molecule has 0 atom stereocenters. The maximum Gasteiger partial charge on any atom is 0.303 e. The number of hydrogen-bond donors (Lipinski definition) is 1. The lowest BCUT2D eigenvalue weighted by molar-refractivity contribution is -0.139. The van der Waals surface area contributed by atoms with E-state index in [0.29, 0.717) is 19.6 Å². The fourth-order valence-electron chi connectivity index (χ4n) is 2.77. The third kappa shape index (κ3) is 4.04. The average molecular weight is 290 g/mol. The van der Waals surface area contributed by atoms with Crippen LogP contribution < -0.4 is 4.90 Å². The van der Waals surface area contributed by atoms with Crippen molar-refractivity contribution < 1.29 is 14.7 Å². The van der Waals surface area contributed by atoms with Gasteiger partial charge in [-0.05, 0) is 31.9 Å². The number of amides is 1. The highest BCUT2D eigenvalue weighted by molar-refractivity contribution is 5.95. The van der Waals surface area contributed by atoms with E-state index in [9.17, 15) is 9.59 Å². The summed E-state index contributed by atoms with van der Waals surface area (Å²) in [6.45, 7) is 5.73. The van der Waals surface area contributed by atoms with Gasteiger partial charge in [0.2, 0.25) is 5.91 Å². The number of aliphatic carboxylic acids is 1. The van der Waals surface area contributed by atoms with Crippen molar-refractivity contribution in [3.63, 3.8) is 0 Å². The minimum Gasteiger partial charge on any atom is -0.481 e. The van der Waals surface area contributed by atoms with Crippen molar-refractivity contribution in [2.24, 2.45) is 5.92 Å². The van der Waals surface area contributed by atoms with Crippen molar-refractivity contribution in [3.05, 3.63) is 30.3 Å². The minimum atomic E-state index is -0.765. The third-order valence-electron chi connectivity index (χ3n) is 3.67. The van der Waals surface area contributed by atoms with Gasteiger partial charge in [0.25, 0.3) is 0 Å².